The van der Waals surface area contributed by atoms with Gasteiger partial charge < -0.3 is 20.2 Å². The number of nitrogens with one attached hydrogen (secondary N) is 1. The maximum Gasteiger partial charge on any atom is 0.265 e. The Kier molecular flexibility index (Phi) is 4.59. The van der Waals surface area contributed by atoms with E-state index in [4.69, 9.17) is 15.2 Å². The van der Waals surface area contributed by atoms with Gasteiger partial charge in [-0.25, -0.2) is 8.42 Å². The number of primary amides is 1. The van der Waals surface area contributed by atoms with Crippen molar-refractivity contribution in [2.75, 3.05) is 26.3 Å². The molecular weight excluding hydrogens is 334 g/mol. The normalized spacial score (nSPS) is 19.6. The van der Waals surface area contributed by atoms with Crippen LogP contribution in [0.3, 0.4) is 0 Å². The first-order valence-corrected chi connectivity index (χ1v) is 9.01. The van der Waals surface area contributed by atoms with Crippen molar-refractivity contribution in [2.24, 2.45) is 5.73 Å². The van der Waals surface area contributed by atoms with Crippen LogP contribution in [0.15, 0.2) is 29.2 Å². The Labute approximate surface area is 139 Å². The minimum absolute atomic E-state index is 0.144. The van der Waals surface area contributed by atoms with Gasteiger partial charge in [0.2, 0.25) is 10.0 Å². The number of sulfonamides is 1. The molecule has 1 aromatic carbocycles. The van der Waals surface area contributed by atoms with Gasteiger partial charge in [0.05, 0.1) is 18.0 Å². The van der Waals surface area contributed by atoms with E-state index in [2.05, 4.69) is 4.98 Å². The highest BCUT2D eigenvalue weighted by molar-refractivity contribution is 7.89. The van der Waals surface area contributed by atoms with E-state index in [1.165, 1.54) is 16.4 Å². The molecule has 1 fully saturated rings. The van der Waals surface area contributed by atoms with Crippen LogP contribution in [0.25, 0.3) is 10.9 Å². The monoisotopic (exact) mass is 353 g/mol. The lowest BCUT2D eigenvalue weighted by atomic mass is 10.2. The molecule has 1 saturated heterocycles. The van der Waals surface area contributed by atoms with E-state index in [1.54, 1.807) is 12.1 Å². The van der Waals surface area contributed by atoms with Crippen LogP contribution in [0.4, 0.5) is 0 Å². The number of H-pyrrole nitrogens is 1. The molecule has 1 unspecified atom stereocenters. The number of benzene rings is 1. The van der Waals surface area contributed by atoms with Gasteiger partial charge in [-0.3, -0.25) is 4.79 Å². The molecule has 1 atom stereocenters. The molecule has 1 aliphatic heterocycles. The zero-order valence-corrected chi connectivity index (χ0v) is 14.0. The number of aromatic nitrogens is 1. The van der Waals surface area contributed by atoms with Gasteiger partial charge in [0.15, 0.2) is 6.29 Å². The molecule has 2 heterocycles. The third-order valence-corrected chi connectivity index (χ3v) is 5.71. The summed E-state index contributed by atoms with van der Waals surface area (Å²) >= 11 is 0. The van der Waals surface area contributed by atoms with Crippen LogP contribution in [0.2, 0.25) is 0 Å². The molecule has 2 aromatic rings. The quantitative estimate of drug-likeness (QED) is 0.819. The second kappa shape index (κ2) is 6.52. The molecule has 1 aromatic heterocycles. The number of carbonyl (C=O) groups excluding carboxylic acids is 1. The van der Waals surface area contributed by atoms with Gasteiger partial charge >= 0.3 is 0 Å². The van der Waals surface area contributed by atoms with E-state index in [1.807, 2.05) is 6.92 Å². The lowest BCUT2D eigenvalue weighted by molar-refractivity contribution is -0.164. The van der Waals surface area contributed by atoms with Gasteiger partial charge in [-0.2, -0.15) is 4.31 Å². The molecule has 9 heteroatoms. The summed E-state index contributed by atoms with van der Waals surface area (Å²) < 4.78 is 37.8. The number of amides is 1. The number of carbonyl (C=O) groups is 1. The zero-order valence-electron chi connectivity index (χ0n) is 13.2. The summed E-state index contributed by atoms with van der Waals surface area (Å²) in [6, 6.07) is 6.25. The molecule has 8 nitrogen and oxygen atoms in total. The van der Waals surface area contributed by atoms with Gasteiger partial charge in [0.25, 0.3) is 5.91 Å². The van der Waals surface area contributed by atoms with Crippen molar-refractivity contribution in [1.29, 1.82) is 0 Å². The second-order valence-electron chi connectivity index (χ2n) is 5.42. The smallest absolute Gasteiger partial charge is 0.265 e. The summed E-state index contributed by atoms with van der Waals surface area (Å²) in [4.78, 5) is 14.2. The van der Waals surface area contributed by atoms with E-state index < -0.39 is 22.2 Å². The van der Waals surface area contributed by atoms with Crippen molar-refractivity contribution >= 4 is 26.8 Å². The largest absolute Gasteiger partial charge is 0.364 e. The van der Waals surface area contributed by atoms with Gasteiger partial charge in [0.1, 0.15) is 5.69 Å². The fourth-order valence-electron chi connectivity index (χ4n) is 2.65. The first kappa shape index (κ1) is 16.9. The number of fused-ring (bicyclic) bond motifs is 1. The first-order valence-electron chi connectivity index (χ1n) is 7.57. The maximum atomic E-state index is 12.8. The van der Waals surface area contributed by atoms with E-state index in [9.17, 15) is 13.2 Å². The highest BCUT2D eigenvalue weighted by Crippen LogP contribution is 2.24. The summed E-state index contributed by atoms with van der Waals surface area (Å²) in [5.41, 5.74) is 6.02. The summed E-state index contributed by atoms with van der Waals surface area (Å²) in [7, 11) is -3.68. The summed E-state index contributed by atoms with van der Waals surface area (Å²) in [5, 5.41) is 0.719. The van der Waals surface area contributed by atoms with Crippen LogP contribution in [-0.4, -0.2) is 56.2 Å². The van der Waals surface area contributed by atoms with Crippen LogP contribution in [0.5, 0.6) is 0 Å². The first-order chi connectivity index (χ1) is 11.4. The number of hydrogen-bond acceptors (Lipinski definition) is 5. The summed E-state index contributed by atoms with van der Waals surface area (Å²) in [5.74, 6) is -0.594. The van der Waals surface area contributed by atoms with Crippen molar-refractivity contribution in [2.45, 2.75) is 18.1 Å². The number of nitrogens with zero attached hydrogens (tertiary/aromatic N) is 1. The van der Waals surface area contributed by atoms with Gasteiger partial charge in [-0.05, 0) is 25.1 Å². The predicted molar refractivity (Wildman–Crippen MR) is 86.9 cm³/mol. The standard InChI is InChI=1S/C15H19N3O5S/c1-2-22-14-9-18(5-6-23-14)24(20,21)11-4-3-10-7-13(15(16)19)17-12(10)8-11/h3-4,7-8,14,17H,2,5-6,9H2,1H3,(H2,16,19). The van der Waals surface area contributed by atoms with Crippen LogP contribution >= 0.6 is 0 Å². The Bertz CT molecular complexity index is 859. The van der Waals surface area contributed by atoms with E-state index >= 15 is 0 Å². The highest BCUT2D eigenvalue weighted by Gasteiger charge is 2.31. The summed E-state index contributed by atoms with van der Waals surface area (Å²) in [6.07, 6.45) is -0.561. The SMILES string of the molecule is CCOC1CN(S(=O)(=O)c2ccc3cc(C(N)=O)[nH]c3c2)CCO1. The number of hydrogen-bond donors (Lipinski definition) is 2. The van der Waals surface area contributed by atoms with Gasteiger partial charge in [-0.15, -0.1) is 0 Å². The lowest BCUT2D eigenvalue weighted by Gasteiger charge is -2.31. The average molecular weight is 353 g/mol. The zero-order chi connectivity index (χ0) is 17.3. The van der Waals surface area contributed by atoms with Crippen LogP contribution in [-0.2, 0) is 19.5 Å². The van der Waals surface area contributed by atoms with Gasteiger partial charge in [0, 0.05) is 24.1 Å². The molecule has 130 valence electrons. The second-order valence-corrected chi connectivity index (χ2v) is 7.35. The molecular formula is C15H19N3O5S. The van der Waals surface area contributed by atoms with Crippen LogP contribution in [0, 0.1) is 0 Å². The lowest BCUT2D eigenvalue weighted by Crippen LogP contribution is -2.46. The highest BCUT2D eigenvalue weighted by atomic mass is 32.2. The fourth-order valence-corrected chi connectivity index (χ4v) is 4.09. The Balaban J connectivity index is 1.91. The average Bonchev–Trinajstić information content (AvgIpc) is 2.99. The third-order valence-electron chi connectivity index (χ3n) is 3.85. The molecule has 0 aliphatic carbocycles. The fraction of sp³-hybridized carbons (Fsp3) is 0.400. The molecule has 0 radical (unpaired) electrons. The van der Waals surface area contributed by atoms with Crippen molar-refractivity contribution in [3.8, 4) is 0 Å². The number of nitrogens with two attached hydrogens (primary N) is 1. The van der Waals surface area contributed by atoms with Crippen molar-refractivity contribution in [3.63, 3.8) is 0 Å². The molecule has 1 aliphatic rings. The molecule has 0 bridgehead atoms. The maximum absolute atomic E-state index is 12.8. The number of aromatic amines is 1. The molecule has 0 saturated carbocycles. The third kappa shape index (κ3) is 3.16. The van der Waals surface area contributed by atoms with Crippen molar-refractivity contribution in [3.05, 3.63) is 30.0 Å². The van der Waals surface area contributed by atoms with E-state index in [0.717, 1.165) is 5.39 Å². The minimum Gasteiger partial charge on any atom is -0.364 e. The van der Waals surface area contributed by atoms with Gasteiger partial charge in [-0.1, -0.05) is 6.07 Å². The minimum atomic E-state index is -3.68. The Morgan fingerprint density at radius 1 is 1.46 bits per heavy atom. The Morgan fingerprint density at radius 2 is 2.25 bits per heavy atom. The molecule has 24 heavy (non-hydrogen) atoms. The Hall–Kier alpha value is -1.94. The number of ether oxygens (including phenoxy) is 2. The molecule has 3 N–H and O–H groups in total. The summed E-state index contributed by atoms with van der Waals surface area (Å²) in [6.45, 7) is 2.96. The van der Waals surface area contributed by atoms with E-state index in [0.29, 0.717) is 12.1 Å². The predicted octanol–water partition coefficient (Wildman–Crippen LogP) is 0.650. The number of morpholine rings is 1. The molecule has 3 rings (SSSR count). The van der Waals surface area contributed by atoms with Crippen molar-refractivity contribution < 1.29 is 22.7 Å². The topological polar surface area (TPSA) is 115 Å². The molecule has 0 spiro atoms. The van der Waals surface area contributed by atoms with Crippen molar-refractivity contribution in [1.82, 2.24) is 9.29 Å². The Morgan fingerprint density at radius 3 is 2.96 bits per heavy atom. The van der Waals surface area contributed by atoms with Crippen LogP contribution < -0.4 is 5.73 Å². The van der Waals surface area contributed by atoms with Crippen LogP contribution in [0.1, 0.15) is 17.4 Å². The molecule has 1 amide bonds. The number of rotatable bonds is 5. The van der Waals surface area contributed by atoms with E-state index in [-0.39, 0.29) is 30.3 Å².